The molecule has 3 heteroatoms. The number of aliphatic carboxylic acids is 1. The summed E-state index contributed by atoms with van der Waals surface area (Å²) < 4.78 is 0. The van der Waals surface area contributed by atoms with E-state index in [0.717, 1.165) is 19.3 Å². The first kappa shape index (κ1) is 6.16. The van der Waals surface area contributed by atoms with E-state index in [1.165, 1.54) is 0 Å². The molecule has 2 heterocycles. The van der Waals surface area contributed by atoms with Crippen LogP contribution >= 0.6 is 0 Å². The van der Waals surface area contributed by atoms with Crippen molar-refractivity contribution in [2.75, 3.05) is 7.05 Å². The zero-order valence-electron chi connectivity index (χ0n) is 6.00. The molecule has 1 saturated carbocycles. The Labute approximate surface area is 59.6 Å². The Hall–Kier alpha value is -0.570. The third-order valence-electron chi connectivity index (χ3n) is 3.09. The van der Waals surface area contributed by atoms with E-state index in [1.807, 2.05) is 11.9 Å². The van der Waals surface area contributed by atoms with Crippen molar-refractivity contribution in [3.8, 4) is 0 Å². The number of carbonyl (C=O) groups is 1. The summed E-state index contributed by atoms with van der Waals surface area (Å²) in [4.78, 5) is 12.7. The first-order valence-corrected chi connectivity index (χ1v) is 3.63. The van der Waals surface area contributed by atoms with E-state index in [2.05, 4.69) is 0 Å². The zero-order chi connectivity index (χ0) is 7.35. The topological polar surface area (TPSA) is 40.5 Å². The molecule has 0 radical (unpaired) electrons. The fourth-order valence-electron chi connectivity index (χ4n) is 2.23. The van der Waals surface area contributed by atoms with Gasteiger partial charge in [-0.2, -0.15) is 0 Å². The summed E-state index contributed by atoms with van der Waals surface area (Å²) in [7, 11) is 1.91. The highest BCUT2D eigenvalue weighted by Crippen LogP contribution is 2.48. The van der Waals surface area contributed by atoms with Crippen molar-refractivity contribution in [1.82, 2.24) is 4.90 Å². The molecular weight excluding hydrogens is 130 g/mol. The van der Waals surface area contributed by atoms with Gasteiger partial charge >= 0.3 is 5.97 Å². The predicted molar refractivity (Wildman–Crippen MR) is 35.8 cm³/mol. The van der Waals surface area contributed by atoms with Gasteiger partial charge in [-0.25, -0.2) is 0 Å². The van der Waals surface area contributed by atoms with Gasteiger partial charge in [0, 0.05) is 6.04 Å². The zero-order valence-corrected chi connectivity index (χ0v) is 6.00. The molecule has 0 aromatic heterocycles. The SMILES string of the molecule is CN1C2CCC1(C(=O)O)C2. The molecule has 3 nitrogen and oxygen atoms in total. The van der Waals surface area contributed by atoms with Gasteiger partial charge < -0.3 is 5.11 Å². The molecule has 56 valence electrons. The van der Waals surface area contributed by atoms with Crippen LogP contribution in [0.5, 0.6) is 0 Å². The van der Waals surface area contributed by atoms with E-state index < -0.39 is 11.5 Å². The molecule has 2 bridgehead atoms. The molecule has 3 fully saturated rings. The van der Waals surface area contributed by atoms with Gasteiger partial charge in [-0.15, -0.1) is 0 Å². The Morgan fingerprint density at radius 2 is 2.50 bits per heavy atom. The number of fused-ring (bicyclic) bond motifs is 1. The van der Waals surface area contributed by atoms with E-state index in [0.29, 0.717) is 6.04 Å². The van der Waals surface area contributed by atoms with Crippen molar-refractivity contribution < 1.29 is 9.90 Å². The minimum atomic E-state index is -0.635. The number of carboxylic acids is 1. The molecule has 1 N–H and O–H groups in total. The van der Waals surface area contributed by atoms with Crippen molar-refractivity contribution in [2.24, 2.45) is 0 Å². The summed E-state index contributed by atoms with van der Waals surface area (Å²) >= 11 is 0. The molecule has 2 unspecified atom stereocenters. The van der Waals surface area contributed by atoms with Crippen LogP contribution in [0.2, 0.25) is 0 Å². The van der Waals surface area contributed by atoms with E-state index in [1.54, 1.807) is 0 Å². The monoisotopic (exact) mass is 141 g/mol. The normalized spacial score (nSPS) is 45.1. The summed E-state index contributed by atoms with van der Waals surface area (Å²) in [5, 5.41) is 8.84. The van der Waals surface area contributed by atoms with Crippen LogP contribution in [0, 0.1) is 0 Å². The van der Waals surface area contributed by atoms with Crippen molar-refractivity contribution in [3.05, 3.63) is 0 Å². The standard InChI is InChI=1S/C7H11NO2/c1-8-5-2-3-7(8,4-5)6(9)10/h5H,2-4H2,1H3,(H,9,10). The van der Waals surface area contributed by atoms with Crippen molar-refractivity contribution in [3.63, 3.8) is 0 Å². The third kappa shape index (κ3) is 0.440. The van der Waals surface area contributed by atoms with Gasteiger partial charge in [0.1, 0.15) is 5.54 Å². The molecule has 0 aromatic rings. The lowest BCUT2D eigenvalue weighted by Crippen LogP contribution is -2.61. The highest BCUT2D eigenvalue weighted by atomic mass is 16.4. The Morgan fingerprint density at radius 3 is 2.70 bits per heavy atom. The van der Waals surface area contributed by atoms with E-state index in [-0.39, 0.29) is 0 Å². The molecule has 3 aliphatic rings. The minimum absolute atomic E-state index is 0.454. The van der Waals surface area contributed by atoms with Crippen molar-refractivity contribution >= 4 is 5.97 Å². The van der Waals surface area contributed by atoms with Gasteiger partial charge in [0.2, 0.25) is 0 Å². The van der Waals surface area contributed by atoms with Crippen LogP contribution in [-0.4, -0.2) is 34.6 Å². The Morgan fingerprint density at radius 1 is 1.80 bits per heavy atom. The number of likely N-dealkylation sites (N-methyl/N-ethyl adjacent to an activating group) is 1. The summed E-state index contributed by atoms with van der Waals surface area (Å²) in [6.07, 6.45) is 2.80. The van der Waals surface area contributed by atoms with Gasteiger partial charge in [-0.3, -0.25) is 9.69 Å². The van der Waals surface area contributed by atoms with Crippen LogP contribution in [-0.2, 0) is 4.79 Å². The van der Waals surface area contributed by atoms with Gasteiger partial charge in [0.15, 0.2) is 0 Å². The lowest BCUT2D eigenvalue weighted by Gasteiger charge is -2.45. The van der Waals surface area contributed by atoms with Gasteiger partial charge in [-0.05, 0) is 26.3 Å². The van der Waals surface area contributed by atoms with E-state index >= 15 is 0 Å². The second-order valence-electron chi connectivity index (χ2n) is 3.34. The molecule has 2 atom stereocenters. The Bertz CT molecular complexity index is 188. The fourth-order valence-corrected chi connectivity index (χ4v) is 2.23. The number of rotatable bonds is 1. The maximum atomic E-state index is 10.7. The van der Waals surface area contributed by atoms with Crippen LogP contribution < -0.4 is 0 Å². The molecule has 2 aliphatic heterocycles. The van der Waals surface area contributed by atoms with Gasteiger partial charge in [0.05, 0.1) is 0 Å². The van der Waals surface area contributed by atoms with Crippen molar-refractivity contribution in [1.29, 1.82) is 0 Å². The molecule has 3 rings (SSSR count). The summed E-state index contributed by atoms with van der Waals surface area (Å²) in [6, 6.07) is 0.566. The van der Waals surface area contributed by atoms with Crippen LogP contribution in [0.1, 0.15) is 19.3 Å². The lowest BCUT2D eigenvalue weighted by molar-refractivity contribution is -0.157. The summed E-state index contributed by atoms with van der Waals surface area (Å²) in [6.45, 7) is 0. The molecule has 1 aliphatic carbocycles. The highest BCUT2D eigenvalue weighted by molar-refractivity contribution is 5.81. The van der Waals surface area contributed by atoms with Crippen molar-refractivity contribution in [2.45, 2.75) is 30.8 Å². The van der Waals surface area contributed by atoms with Crippen LogP contribution in [0.3, 0.4) is 0 Å². The highest BCUT2D eigenvalue weighted by Gasteiger charge is 2.60. The first-order valence-electron chi connectivity index (χ1n) is 3.63. The largest absolute Gasteiger partial charge is 0.480 e. The maximum absolute atomic E-state index is 10.7. The number of hydrogen-bond donors (Lipinski definition) is 1. The molecule has 0 spiro atoms. The van der Waals surface area contributed by atoms with E-state index in [4.69, 9.17) is 5.11 Å². The Balaban J connectivity index is 2.25. The molecule has 0 amide bonds. The fraction of sp³-hybridized carbons (Fsp3) is 0.857. The van der Waals surface area contributed by atoms with Gasteiger partial charge in [-0.1, -0.05) is 0 Å². The Kier molecular flexibility index (Phi) is 0.944. The predicted octanol–water partition coefficient (Wildman–Crippen LogP) is 0.308. The minimum Gasteiger partial charge on any atom is -0.480 e. The third-order valence-corrected chi connectivity index (χ3v) is 3.09. The number of nitrogens with zero attached hydrogens (tertiary/aromatic N) is 1. The first-order chi connectivity index (χ1) is 4.67. The van der Waals surface area contributed by atoms with Crippen LogP contribution in [0.15, 0.2) is 0 Å². The lowest BCUT2D eigenvalue weighted by atomic mass is 9.88. The number of carboxylic acid groups (broad SMARTS) is 1. The van der Waals surface area contributed by atoms with Crippen LogP contribution in [0.4, 0.5) is 0 Å². The molecule has 0 aromatic carbocycles. The van der Waals surface area contributed by atoms with E-state index in [9.17, 15) is 4.79 Å². The average molecular weight is 141 g/mol. The molecule has 2 saturated heterocycles. The molecule has 10 heavy (non-hydrogen) atoms. The summed E-state index contributed by atoms with van der Waals surface area (Å²) in [5.41, 5.74) is -0.454. The number of hydrogen-bond acceptors (Lipinski definition) is 2. The second kappa shape index (κ2) is 1.53. The summed E-state index contributed by atoms with van der Waals surface area (Å²) in [5.74, 6) is -0.635. The smallest absolute Gasteiger partial charge is 0.324 e. The quantitative estimate of drug-likeness (QED) is 0.571. The average Bonchev–Trinajstić information content (AvgIpc) is 2.41. The maximum Gasteiger partial charge on any atom is 0.324 e. The molecular formula is C7H11NO2. The van der Waals surface area contributed by atoms with Crippen LogP contribution in [0.25, 0.3) is 0 Å². The second-order valence-corrected chi connectivity index (χ2v) is 3.34. The van der Waals surface area contributed by atoms with Gasteiger partial charge in [0.25, 0.3) is 0 Å².